The summed E-state index contributed by atoms with van der Waals surface area (Å²) in [6.07, 6.45) is 5.08. The predicted molar refractivity (Wildman–Crippen MR) is 144 cm³/mol. The van der Waals surface area contributed by atoms with Crippen molar-refractivity contribution in [3.8, 4) is 0 Å². The van der Waals surface area contributed by atoms with E-state index in [0.717, 1.165) is 28.4 Å². The standard InChI is InChI=1S/C25H23ClN6O2S2/c1-2-13-35-24-16(5-4-10-27-24)25(34)32-11-8-15(9-12-32)23-28-19(14-36-23)22(33)29-21-20-17(26)6-3-7-18(20)30-31-21/h2-7,10,14-15H,1,8-9,11-13H2,(H2,29,30,31,33). The summed E-state index contributed by atoms with van der Waals surface area (Å²) in [5.41, 5.74) is 1.72. The quantitative estimate of drug-likeness (QED) is 0.234. The second kappa shape index (κ2) is 10.8. The van der Waals surface area contributed by atoms with Crippen molar-refractivity contribution in [1.82, 2.24) is 25.1 Å². The lowest BCUT2D eigenvalue weighted by Crippen LogP contribution is -2.38. The summed E-state index contributed by atoms with van der Waals surface area (Å²) >= 11 is 9.26. The number of aromatic amines is 1. The number of fused-ring (bicyclic) bond motifs is 1. The summed E-state index contributed by atoms with van der Waals surface area (Å²) < 4.78 is 0. The number of nitrogens with one attached hydrogen (secondary N) is 2. The van der Waals surface area contributed by atoms with Gasteiger partial charge in [0.25, 0.3) is 11.8 Å². The molecule has 1 aliphatic rings. The van der Waals surface area contributed by atoms with Crippen LogP contribution in [0.3, 0.4) is 0 Å². The van der Waals surface area contributed by atoms with E-state index >= 15 is 0 Å². The topological polar surface area (TPSA) is 104 Å². The smallest absolute Gasteiger partial charge is 0.276 e. The lowest BCUT2D eigenvalue weighted by Gasteiger charge is -2.31. The second-order valence-electron chi connectivity index (χ2n) is 8.28. The van der Waals surface area contributed by atoms with Crippen LogP contribution < -0.4 is 5.32 Å². The lowest BCUT2D eigenvalue weighted by atomic mass is 9.97. The molecule has 5 rings (SSSR count). The van der Waals surface area contributed by atoms with Crippen LogP contribution in [0.25, 0.3) is 10.9 Å². The van der Waals surface area contributed by atoms with Crippen LogP contribution in [0, 0.1) is 0 Å². The molecule has 3 aromatic heterocycles. The third kappa shape index (κ3) is 5.02. The van der Waals surface area contributed by atoms with Gasteiger partial charge in [-0.15, -0.1) is 29.7 Å². The molecule has 36 heavy (non-hydrogen) atoms. The van der Waals surface area contributed by atoms with Crippen LogP contribution in [0.5, 0.6) is 0 Å². The molecular weight excluding hydrogens is 516 g/mol. The summed E-state index contributed by atoms with van der Waals surface area (Å²) in [6.45, 7) is 5.00. The van der Waals surface area contributed by atoms with Crippen molar-refractivity contribution in [2.75, 3.05) is 24.2 Å². The molecule has 4 heterocycles. The number of halogens is 1. The number of H-pyrrole nitrogens is 1. The van der Waals surface area contributed by atoms with Gasteiger partial charge in [-0.05, 0) is 37.1 Å². The van der Waals surface area contributed by atoms with Crippen molar-refractivity contribution >= 4 is 63.2 Å². The molecule has 1 saturated heterocycles. The summed E-state index contributed by atoms with van der Waals surface area (Å²) in [7, 11) is 0. The van der Waals surface area contributed by atoms with Gasteiger partial charge in [0.1, 0.15) is 10.7 Å². The van der Waals surface area contributed by atoms with Crippen LogP contribution in [0.15, 0.2) is 59.6 Å². The zero-order chi connectivity index (χ0) is 25.1. The van der Waals surface area contributed by atoms with E-state index in [9.17, 15) is 9.59 Å². The van der Waals surface area contributed by atoms with Gasteiger partial charge < -0.3 is 10.2 Å². The minimum atomic E-state index is -0.334. The first-order valence-electron chi connectivity index (χ1n) is 11.4. The number of hydrogen-bond donors (Lipinski definition) is 2. The van der Waals surface area contributed by atoms with Crippen molar-refractivity contribution in [3.05, 3.63) is 75.9 Å². The van der Waals surface area contributed by atoms with Gasteiger partial charge >= 0.3 is 0 Å². The number of thiazole rings is 1. The molecule has 1 fully saturated rings. The van der Waals surface area contributed by atoms with Crippen molar-refractivity contribution < 1.29 is 9.59 Å². The maximum atomic E-state index is 13.2. The molecule has 0 unspecified atom stereocenters. The number of piperidine rings is 1. The first-order valence-corrected chi connectivity index (χ1v) is 13.7. The predicted octanol–water partition coefficient (Wildman–Crippen LogP) is 5.62. The molecule has 184 valence electrons. The van der Waals surface area contributed by atoms with Gasteiger partial charge in [-0.1, -0.05) is 23.7 Å². The van der Waals surface area contributed by atoms with E-state index in [-0.39, 0.29) is 17.7 Å². The number of nitrogens with zero attached hydrogens (tertiary/aromatic N) is 4. The number of carbonyl (C=O) groups excluding carboxylic acids is 2. The number of anilines is 1. The Bertz CT molecular complexity index is 1430. The number of amides is 2. The summed E-state index contributed by atoms with van der Waals surface area (Å²) in [5, 5.41) is 14.4. The highest BCUT2D eigenvalue weighted by Gasteiger charge is 2.28. The van der Waals surface area contributed by atoms with Crippen LogP contribution in [-0.2, 0) is 0 Å². The van der Waals surface area contributed by atoms with Crippen molar-refractivity contribution in [2.24, 2.45) is 0 Å². The van der Waals surface area contributed by atoms with Gasteiger partial charge in [0.05, 0.1) is 26.5 Å². The minimum Gasteiger partial charge on any atom is -0.339 e. The highest BCUT2D eigenvalue weighted by Crippen LogP contribution is 2.33. The first-order chi connectivity index (χ1) is 17.5. The van der Waals surface area contributed by atoms with E-state index in [1.54, 1.807) is 29.8 Å². The largest absolute Gasteiger partial charge is 0.339 e. The number of pyridine rings is 1. The highest BCUT2D eigenvalue weighted by molar-refractivity contribution is 7.99. The van der Waals surface area contributed by atoms with Gasteiger partial charge in [0.2, 0.25) is 0 Å². The first kappa shape index (κ1) is 24.5. The maximum Gasteiger partial charge on any atom is 0.276 e. The van der Waals surface area contributed by atoms with Gasteiger partial charge in [0.15, 0.2) is 5.82 Å². The summed E-state index contributed by atoms with van der Waals surface area (Å²) in [5.74, 6) is 0.937. The molecule has 1 aliphatic heterocycles. The zero-order valence-corrected chi connectivity index (χ0v) is 21.6. The zero-order valence-electron chi connectivity index (χ0n) is 19.2. The fourth-order valence-electron chi connectivity index (χ4n) is 4.18. The van der Waals surface area contributed by atoms with Crippen LogP contribution >= 0.6 is 34.7 Å². The van der Waals surface area contributed by atoms with E-state index in [0.29, 0.717) is 46.3 Å². The van der Waals surface area contributed by atoms with E-state index in [1.807, 2.05) is 23.1 Å². The Morgan fingerprint density at radius 3 is 2.92 bits per heavy atom. The van der Waals surface area contributed by atoms with Gasteiger partial charge in [0, 0.05) is 36.3 Å². The molecule has 0 aliphatic carbocycles. The highest BCUT2D eigenvalue weighted by atomic mass is 35.5. The Balaban J connectivity index is 1.22. The Morgan fingerprint density at radius 2 is 2.11 bits per heavy atom. The number of benzene rings is 1. The summed E-state index contributed by atoms with van der Waals surface area (Å²) in [6, 6.07) is 9.03. The number of likely N-dealkylation sites (tertiary alicyclic amines) is 1. The maximum absolute atomic E-state index is 13.2. The molecule has 1 aromatic carbocycles. The van der Waals surface area contributed by atoms with Crippen LogP contribution in [0.2, 0.25) is 5.02 Å². The van der Waals surface area contributed by atoms with E-state index in [2.05, 4.69) is 32.1 Å². The fraction of sp³-hybridized carbons (Fsp3) is 0.240. The molecule has 2 amide bonds. The van der Waals surface area contributed by atoms with E-state index < -0.39 is 0 Å². The lowest BCUT2D eigenvalue weighted by molar-refractivity contribution is 0.0708. The number of thioether (sulfide) groups is 1. The molecule has 0 bridgehead atoms. The monoisotopic (exact) mass is 538 g/mol. The van der Waals surface area contributed by atoms with Gasteiger partial charge in [-0.3, -0.25) is 14.7 Å². The molecule has 0 spiro atoms. The average Bonchev–Trinajstić information content (AvgIpc) is 3.56. The minimum absolute atomic E-state index is 0.00259. The molecule has 0 radical (unpaired) electrons. The third-order valence-corrected chi connectivity index (χ3v) is 8.32. The SMILES string of the molecule is C=CCSc1ncccc1C(=O)N1CCC(c2nc(C(=O)Nc3n[nH]c4cccc(Cl)c34)cs2)CC1. The normalized spacial score (nSPS) is 14.2. The molecular formula is C25H23ClN6O2S2. The van der Waals surface area contributed by atoms with Crippen molar-refractivity contribution in [1.29, 1.82) is 0 Å². The second-order valence-corrected chi connectivity index (χ2v) is 10.6. The number of carbonyl (C=O) groups is 2. The fourth-order valence-corrected chi connectivity index (χ4v) is 6.14. The number of hydrogen-bond acceptors (Lipinski definition) is 7. The van der Waals surface area contributed by atoms with Crippen molar-refractivity contribution in [2.45, 2.75) is 23.8 Å². The third-order valence-electron chi connectivity index (χ3n) is 6.00. The Morgan fingerprint density at radius 1 is 1.28 bits per heavy atom. The van der Waals surface area contributed by atoms with Crippen LogP contribution in [0.1, 0.15) is 44.6 Å². The molecule has 8 nitrogen and oxygen atoms in total. The molecule has 11 heteroatoms. The summed E-state index contributed by atoms with van der Waals surface area (Å²) in [4.78, 5) is 36.8. The molecule has 0 atom stereocenters. The Labute approximate surface area is 221 Å². The Hall–Kier alpha value is -3.21. The van der Waals surface area contributed by atoms with Gasteiger partial charge in [-0.25, -0.2) is 9.97 Å². The van der Waals surface area contributed by atoms with E-state index in [1.165, 1.54) is 23.1 Å². The van der Waals surface area contributed by atoms with Crippen LogP contribution in [0.4, 0.5) is 5.82 Å². The molecule has 2 N–H and O–H groups in total. The van der Waals surface area contributed by atoms with Crippen molar-refractivity contribution in [3.63, 3.8) is 0 Å². The molecule has 0 saturated carbocycles. The number of aromatic nitrogens is 4. The van der Waals surface area contributed by atoms with Crippen LogP contribution in [-0.4, -0.2) is 55.7 Å². The Kier molecular flexibility index (Phi) is 7.35. The molecule has 4 aromatic rings. The number of rotatable bonds is 7. The average molecular weight is 539 g/mol. The van der Waals surface area contributed by atoms with E-state index in [4.69, 9.17) is 11.6 Å². The van der Waals surface area contributed by atoms with Gasteiger partial charge in [-0.2, -0.15) is 5.10 Å².